The van der Waals surface area contributed by atoms with Gasteiger partial charge in [-0.25, -0.2) is 9.97 Å². The molecule has 0 unspecified atom stereocenters. The van der Waals surface area contributed by atoms with Crippen molar-refractivity contribution in [1.82, 2.24) is 15.0 Å². The molecule has 8 aromatic carbocycles. The lowest BCUT2D eigenvalue weighted by molar-refractivity contribution is 0.722. The molecule has 280 valence electrons. The Balaban J connectivity index is 1.19. The zero-order chi connectivity index (χ0) is 39.6. The SMILES string of the molecule is c1ccc(-c2cccc(-c3cc(-c4cccc5c4-c4c(-c6cccc7cccnc67)cccc4C54c5ccccc5Sc5ccccc54)nc(-c4ccccc4)n3)c2)cc1. The molecule has 10 aromatic rings. The molecule has 0 radical (unpaired) electrons. The summed E-state index contributed by atoms with van der Waals surface area (Å²) in [5, 5.41) is 1.12. The van der Waals surface area contributed by atoms with Crippen LogP contribution in [0, 0.1) is 0 Å². The van der Waals surface area contributed by atoms with Crippen molar-refractivity contribution < 1.29 is 0 Å². The summed E-state index contributed by atoms with van der Waals surface area (Å²) < 4.78 is 0. The van der Waals surface area contributed by atoms with Crippen LogP contribution in [0.4, 0.5) is 0 Å². The van der Waals surface area contributed by atoms with Crippen LogP contribution in [0.1, 0.15) is 22.3 Å². The molecule has 0 saturated heterocycles. The van der Waals surface area contributed by atoms with Gasteiger partial charge in [0.2, 0.25) is 0 Å². The van der Waals surface area contributed by atoms with Crippen LogP contribution in [0.3, 0.4) is 0 Å². The second kappa shape index (κ2) is 13.9. The van der Waals surface area contributed by atoms with E-state index in [-0.39, 0.29) is 0 Å². The summed E-state index contributed by atoms with van der Waals surface area (Å²) in [6.45, 7) is 0. The van der Waals surface area contributed by atoms with E-state index < -0.39 is 5.41 Å². The van der Waals surface area contributed by atoms with Gasteiger partial charge >= 0.3 is 0 Å². The highest BCUT2D eigenvalue weighted by atomic mass is 32.2. The van der Waals surface area contributed by atoms with Gasteiger partial charge in [0, 0.05) is 43.6 Å². The van der Waals surface area contributed by atoms with Crippen LogP contribution in [0.15, 0.2) is 222 Å². The predicted molar refractivity (Wildman–Crippen MR) is 246 cm³/mol. The second-order valence-corrected chi connectivity index (χ2v) is 16.5. The quantitative estimate of drug-likeness (QED) is 0.174. The normalized spacial score (nSPS) is 13.1. The standard InChI is InChI=1S/C56H35N3S/c1-3-16-36(17-4-1)39-21-11-22-40(34-39)48-35-49(59-55(58-48)38-18-5-2-6-19-38)43-26-14-30-47-53(43)52-41(42-25-12-20-37-23-15-33-57-54(37)42)24-13-29-46(52)56(47)44-27-7-9-31-50(44)60-51-32-10-8-28-45(51)56/h1-35H. The fourth-order valence-corrected chi connectivity index (χ4v) is 10.9. The highest BCUT2D eigenvalue weighted by Gasteiger charge is 2.51. The van der Waals surface area contributed by atoms with Gasteiger partial charge in [0.1, 0.15) is 0 Å². The van der Waals surface area contributed by atoms with Crippen LogP contribution in [-0.2, 0) is 5.41 Å². The lowest BCUT2D eigenvalue weighted by atomic mass is 9.67. The minimum absolute atomic E-state index is 0.574. The maximum atomic E-state index is 5.48. The smallest absolute Gasteiger partial charge is 0.160 e. The van der Waals surface area contributed by atoms with Crippen molar-refractivity contribution in [3.8, 4) is 67.3 Å². The van der Waals surface area contributed by atoms with E-state index in [1.807, 2.05) is 30.1 Å². The summed E-state index contributed by atoms with van der Waals surface area (Å²) in [6.07, 6.45) is 1.90. The van der Waals surface area contributed by atoms with Gasteiger partial charge in [0.05, 0.1) is 22.3 Å². The Labute approximate surface area is 353 Å². The van der Waals surface area contributed by atoms with Crippen LogP contribution in [-0.4, -0.2) is 15.0 Å². The lowest BCUT2D eigenvalue weighted by Crippen LogP contribution is -2.31. The molecule has 1 aliphatic heterocycles. The first-order chi connectivity index (χ1) is 29.8. The number of benzene rings is 8. The molecule has 4 heteroatoms. The average molecular weight is 782 g/mol. The van der Waals surface area contributed by atoms with Gasteiger partial charge in [-0.1, -0.05) is 188 Å². The van der Waals surface area contributed by atoms with Gasteiger partial charge in [-0.2, -0.15) is 0 Å². The molecule has 0 fully saturated rings. The minimum atomic E-state index is -0.574. The number of nitrogens with zero attached hydrogens (tertiary/aromatic N) is 3. The highest BCUT2D eigenvalue weighted by molar-refractivity contribution is 7.99. The van der Waals surface area contributed by atoms with Gasteiger partial charge in [-0.15, -0.1) is 0 Å². The molecule has 2 aromatic heterocycles. The fourth-order valence-electron chi connectivity index (χ4n) is 9.69. The number of fused-ring (bicyclic) bond motifs is 10. The van der Waals surface area contributed by atoms with Crippen LogP contribution in [0.5, 0.6) is 0 Å². The van der Waals surface area contributed by atoms with Gasteiger partial charge in [-0.05, 0) is 80.4 Å². The first kappa shape index (κ1) is 34.6. The summed E-state index contributed by atoms with van der Waals surface area (Å²) in [4.78, 5) is 18.3. The fraction of sp³-hybridized carbons (Fsp3) is 0.0179. The van der Waals surface area contributed by atoms with Gasteiger partial charge in [-0.3, -0.25) is 4.98 Å². The zero-order valence-electron chi connectivity index (χ0n) is 32.5. The Hall–Kier alpha value is -7.40. The number of hydrogen-bond donors (Lipinski definition) is 0. The van der Waals surface area contributed by atoms with Crippen LogP contribution in [0.25, 0.3) is 78.2 Å². The number of pyridine rings is 1. The minimum Gasteiger partial charge on any atom is -0.256 e. The Kier molecular flexibility index (Phi) is 8.00. The molecule has 3 heterocycles. The summed E-state index contributed by atoms with van der Waals surface area (Å²) in [5.74, 6) is 0.690. The second-order valence-electron chi connectivity index (χ2n) is 15.5. The first-order valence-electron chi connectivity index (χ1n) is 20.3. The van der Waals surface area contributed by atoms with Crippen LogP contribution >= 0.6 is 11.8 Å². The van der Waals surface area contributed by atoms with Gasteiger partial charge < -0.3 is 0 Å². The van der Waals surface area contributed by atoms with Crippen LogP contribution in [0.2, 0.25) is 0 Å². The summed E-state index contributed by atoms with van der Waals surface area (Å²) in [6, 6.07) is 74.2. The number of para-hydroxylation sites is 1. The molecule has 0 amide bonds. The molecule has 12 rings (SSSR count). The van der Waals surface area contributed by atoms with Crippen molar-refractivity contribution in [1.29, 1.82) is 0 Å². The number of rotatable bonds is 5. The average Bonchev–Trinajstić information content (AvgIpc) is 3.63. The molecule has 0 atom stereocenters. The van der Waals surface area contributed by atoms with Crippen molar-refractivity contribution in [3.63, 3.8) is 0 Å². The Morgan fingerprint density at radius 3 is 1.65 bits per heavy atom. The van der Waals surface area contributed by atoms with Crippen molar-refractivity contribution in [2.24, 2.45) is 0 Å². The van der Waals surface area contributed by atoms with Crippen LogP contribution < -0.4 is 0 Å². The predicted octanol–water partition coefficient (Wildman–Crippen LogP) is 14.2. The number of aromatic nitrogens is 3. The summed E-state index contributed by atoms with van der Waals surface area (Å²) in [7, 11) is 0. The monoisotopic (exact) mass is 781 g/mol. The zero-order valence-corrected chi connectivity index (χ0v) is 33.3. The molecule has 1 aliphatic carbocycles. The van der Waals surface area contributed by atoms with E-state index in [0.29, 0.717) is 5.82 Å². The first-order valence-corrected chi connectivity index (χ1v) is 21.2. The molecule has 3 nitrogen and oxygen atoms in total. The topological polar surface area (TPSA) is 38.7 Å². The van der Waals surface area contributed by atoms with E-state index in [1.165, 1.54) is 48.7 Å². The third-order valence-corrected chi connectivity index (χ3v) is 13.4. The van der Waals surface area contributed by atoms with E-state index in [9.17, 15) is 0 Å². The van der Waals surface area contributed by atoms with E-state index in [2.05, 4.69) is 194 Å². The summed E-state index contributed by atoms with van der Waals surface area (Å²) in [5.41, 5.74) is 17.3. The lowest BCUT2D eigenvalue weighted by Gasteiger charge is -2.39. The van der Waals surface area contributed by atoms with E-state index in [1.54, 1.807) is 0 Å². The maximum Gasteiger partial charge on any atom is 0.160 e. The number of hydrogen-bond acceptors (Lipinski definition) is 4. The van der Waals surface area contributed by atoms with Crippen molar-refractivity contribution in [3.05, 3.63) is 235 Å². The Morgan fingerprint density at radius 1 is 0.367 bits per heavy atom. The van der Waals surface area contributed by atoms with E-state index in [0.717, 1.165) is 55.7 Å². The molecule has 0 N–H and O–H groups in total. The molecular weight excluding hydrogens is 747 g/mol. The van der Waals surface area contributed by atoms with Crippen molar-refractivity contribution in [2.45, 2.75) is 15.2 Å². The third kappa shape index (κ3) is 5.28. The molecule has 0 saturated carbocycles. The molecule has 60 heavy (non-hydrogen) atoms. The molecule has 1 spiro atoms. The van der Waals surface area contributed by atoms with Crippen molar-refractivity contribution in [2.75, 3.05) is 0 Å². The van der Waals surface area contributed by atoms with Crippen molar-refractivity contribution >= 4 is 22.7 Å². The highest BCUT2D eigenvalue weighted by Crippen LogP contribution is 2.64. The largest absolute Gasteiger partial charge is 0.256 e. The molecule has 0 bridgehead atoms. The van der Waals surface area contributed by atoms with E-state index in [4.69, 9.17) is 15.0 Å². The molecule has 2 aliphatic rings. The molecular formula is C56H35N3S. The maximum absolute atomic E-state index is 5.48. The Morgan fingerprint density at radius 2 is 0.900 bits per heavy atom. The third-order valence-electron chi connectivity index (χ3n) is 12.2. The summed E-state index contributed by atoms with van der Waals surface area (Å²) >= 11 is 1.86. The Bertz CT molecular complexity index is 3250. The van der Waals surface area contributed by atoms with E-state index >= 15 is 0 Å². The van der Waals surface area contributed by atoms with Gasteiger partial charge in [0.25, 0.3) is 0 Å². The van der Waals surface area contributed by atoms with Gasteiger partial charge in [0.15, 0.2) is 5.82 Å².